The van der Waals surface area contributed by atoms with Gasteiger partial charge in [-0.05, 0) is 20.8 Å². The van der Waals surface area contributed by atoms with Crippen molar-refractivity contribution in [2.24, 2.45) is 0 Å². The molecule has 1 N–H and O–H groups in total. The molecule has 0 aliphatic carbocycles. The van der Waals surface area contributed by atoms with Crippen molar-refractivity contribution in [3.63, 3.8) is 0 Å². The highest BCUT2D eigenvalue weighted by molar-refractivity contribution is 5.77. The number of carbonyl (C=O) groups is 4. The number of methoxy groups -OCH3 is 1. The topological polar surface area (TPSA) is 145 Å². The van der Waals surface area contributed by atoms with Crippen LogP contribution in [0.4, 0.5) is 14.4 Å². The van der Waals surface area contributed by atoms with Crippen LogP contribution in [-0.2, 0) is 38.0 Å². The third-order valence-electron chi connectivity index (χ3n) is 2.27. The van der Waals surface area contributed by atoms with E-state index in [9.17, 15) is 19.2 Å². The van der Waals surface area contributed by atoms with Crippen LogP contribution in [0, 0.1) is 0 Å². The van der Waals surface area contributed by atoms with E-state index in [0.29, 0.717) is 0 Å². The fourth-order valence-corrected chi connectivity index (χ4v) is 1.34. The Kier molecular flexibility index (Phi) is 11.2. The lowest BCUT2D eigenvalue weighted by Gasteiger charge is -2.29. The first-order valence-corrected chi connectivity index (χ1v) is 7.69. The van der Waals surface area contributed by atoms with E-state index in [1.165, 1.54) is 27.9 Å². The fraction of sp³-hybridized carbons (Fsp3) is 0.714. The van der Waals surface area contributed by atoms with Crippen LogP contribution in [0.1, 0.15) is 27.2 Å². The molecule has 0 aromatic rings. The summed E-state index contributed by atoms with van der Waals surface area (Å²) in [4.78, 5) is 46.9. The molecule has 26 heavy (non-hydrogen) atoms. The van der Waals surface area contributed by atoms with Gasteiger partial charge in [0.25, 0.3) is 0 Å². The van der Waals surface area contributed by atoms with E-state index in [4.69, 9.17) is 4.74 Å². The van der Waals surface area contributed by atoms with Crippen LogP contribution in [0.5, 0.6) is 0 Å². The van der Waals surface area contributed by atoms with Gasteiger partial charge in [-0.2, -0.15) is 0 Å². The smallest absolute Gasteiger partial charge is 0.434 e. The highest BCUT2D eigenvalue weighted by Crippen LogP contribution is 2.17. The molecule has 0 aliphatic rings. The van der Waals surface area contributed by atoms with Crippen molar-refractivity contribution < 1.29 is 52.3 Å². The van der Waals surface area contributed by atoms with E-state index < -0.39 is 30.5 Å². The zero-order valence-electron chi connectivity index (χ0n) is 15.0. The lowest BCUT2D eigenvalue weighted by Crippen LogP contribution is -2.58. The van der Waals surface area contributed by atoms with Crippen molar-refractivity contribution in [3.8, 4) is 0 Å². The van der Waals surface area contributed by atoms with Gasteiger partial charge in [-0.15, -0.1) is 0 Å². The molecule has 1 amide bonds. The van der Waals surface area contributed by atoms with Crippen LogP contribution in [0.25, 0.3) is 0 Å². The number of amides is 1. The Hall–Kier alpha value is -2.76. The normalized spacial score (nSPS) is 10.3. The second-order valence-electron chi connectivity index (χ2n) is 4.20. The van der Waals surface area contributed by atoms with Crippen LogP contribution in [-0.4, -0.2) is 64.0 Å². The molecule has 12 heteroatoms. The van der Waals surface area contributed by atoms with Crippen molar-refractivity contribution in [1.29, 1.82) is 0 Å². The number of hydrogen-bond donors (Lipinski definition) is 1. The number of nitrogens with one attached hydrogen (secondary N) is 1. The Morgan fingerprint density at radius 2 is 1.15 bits per heavy atom. The maximum absolute atomic E-state index is 11.9. The molecule has 0 aromatic heterocycles. The van der Waals surface area contributed by atoms with Gasteiger partial charge in [0.15, 0.2) is 0 Å². The molecule has 0 fully saturated rings. The van der Waals surface area contributed by atoms with Gasteiger partial charge in [0.2, 0.25) is 5.91 Å². The molecule has 0 unspecified atom stereocenters. The van der Waals surface area contributed by atoms with Crippen molar-refractivity contribution in [2.75, 3.05) is 33.5 Å². The van der Waals surface area contributed by atoms with Crippen molar-refractivity contribution in [3.05, 3.63) is 0 Å². The second-order valence-corrected chi connectivity index (χ2v) is 4.20. The first-order valence-electron chi connectivity index (χ1n) is 7.69. The van der Waals surface area contributed by atoms with E-state index in [-0.39, 0.29) is 32.8 Å². The SMILES string of the molecule is CCOC(=O)OC(NC(=O)CCOC)(OC(=O)OCC)OC(=O)OCC. The first kappa shape index (κ1) is 23.2. The number of rotatable bonds is 10. The summed E-state index contributed by atoms with van der Waals surface area (Å²) in [5.74, 6) is -0.843. The Morgan fingerprint density at radius 3 is 1.46 bits per heavy atom. The molecule has 0 rings (SSSR count). The van der Waals surface area contributed by atoms with E-state index >= 15 is 0 Å². The molecular weight excluding hydrogens is 358 g/mol. The Bertz CT molecular complexity index is 429. The summed E-state index contributed by atoms with van der Waals surface area (Å²) in [7, 11) is 1.35. The molecule has 0 aromatic carbocycles. The van der Waals surface area contributed by atoms with Gasteiger partial charge < -0.3 is 33.2 Å². The fourth-order valence-electron chi connectivity index (χ4n) is 1.34. The van der Waals surface area contributed by atoms with Crippen molar-refractivity contribution >= 4 is 24.4 Å². The van der Waals surface area contributed by atoms with E-state index in [0.717, 1.165) is 0 Å². The lowest BCUT2D eigenvalue weighted by molar-refractivity contribution is -0.331. The van der Waals surface area contributed by atoms with Gasteiger partial charge in [0, 0.05) is 7.11 Å². The van der Waals surface area contributed by atoms with Gasteiger partial charge in [-0.25, -0.2) is 19.7 Å². The molecule has 12 nitrogen and oxygen atoms in total. The van der Waals surface area contributed by atoms with Gasteiger partial charge in [-0.3, -0.25) is 4.79 Å². The number of carbonyl (C=O) groups excluding carboxylic acids is 4. The molecule has 150 valence electrons. The van der Waals surface area contributed by atoms with E-state index in [1.54, 1.807) is 0 Å². The summed E-state index contributed by atoms with van der Waals surface area (Å²) in [6.07, 6.45) is -7.41. The Balaban J connectivity index is 5.54. The maximum atomic E-state index is 11.9. The molecular formula is C14H23NO11. The minimum absolute atomic E-state index is 0.0138. The van der Waals surface area contributed by atoms with Gasteiger partial charge in [-0.1, -0.05) is 0 Å². The summed E-state index contributed by atoms with van der Waals surface area (Å²) < 4.78 is 32.4. The average Bonchev–Trinajstić information content (AvgIpc) is 2.53. The zero-order valence-corrected chi connectivity index (χ0v) is 15.0. The predicted molar refractivity (Wildman–Crippen MR) is 81.7 cm³/mol. The molecule has 0 atom stereocenters. The second kappa shape index (κ2) is 12.6. The molecule has 0 bridgehead atoms. The van der Waals surface area contributed by atoms with E-state index in [1.807, 2.05) is 5.32 Å². The van der Waals surface area contributed by atoms with Gasteiger partial charge in [0.05, 0.1) is 32.8 Å². The summed E-state index contributed by atoms with van der Waals surface area (Å²) in [6.45, 7) is 4.08. The molecule has 0 spiro atoms. The maximum Gasteiger partial charge on any atom is 0.533 e. The zero-order chi connectivity index (χ0) is 20.0. The highest BCUT2D eigenvalue weighted by atomic mass is 17.0. The molecule has 0 saturated carbocycles. The van der Waals surface area contributed by atoms with Crippen molar-refractivity contribution in [1.82, 2.24) is 5.32 Å². The van der Waals surface area contributed by atoms with Crippen LogP contribution >= 0.6 is 0 Å². The standard InChI is InChI=1S/C14H23NO11/c1-5-21-11(17)24-14(25-12(18)22-6-2,26-13(19)23-7-3)15-10(16)8-9-20-4/h5-9H2,1-4H3,(H,15,16). The largest absolute Gasteiger partial charge is 0.533 e. The third-order valence-corrected chi connectivity index (χ3v) is 2.27. The van der Waals surface area contributed by atoms with Gasteiger partial charge in [0.1, 0.15) is 0 Å². The third kappa shape index (κ3) is 9.52. The first-order chi connectivity index (χ1) is 12.3. The summed E-state index contributed by atoms with van der Waals surface area (Å²) in [5, 5.41) is 1.95. The van der Waals surface area contributed by atoms with Crippen LogP contribution in [0.2, 0.25) is 0 Å². The monoisotopic (exact) mass is 381 g/mol. The summed E-state index contributed by atoms with van der Waals surface area (Å²) in [6, 6.07) is 0. The Morgan fingerprint density at radius 1 is 0.769 bits per heavy atom. The number of ether oxygens (including phenoxy) is 7. The van der Waals surface area contributed by atoms with Crippen LogP contribution < -0.4 is 5.32 Å². The summed E-state index contributed by atoms with van der Waals surface area (Å²) in [5.41, 5.74) is 0. The van der Waals surface area contributed by atoms with Crippen molar-refractivity contribution in [2.45, 2.75) is 33.3 Å². The van der Waals surface area contributed by atoms with Crippen LogP contribution in [0.3, 0.4) is 0 Å². The minimum atomic E-state index is -2.99. The van der Waals surface area contributed by atoms with Crippen LogP contribution in [0.15, 0.2) is 0 Å². The predicted octanol–water partition coefficient (Wildman–Crippen LogP) is 1.27. The Labute approximate surface area is 149 Å². The quantitative estimate of drug-likeness (QED) is 0.331. The molecule has 0 aliphatic heterocycles. The minimum Gasteiger partial charge on any atom is -0.434 e. The highest BCUT2D eigenvalue weighted by Gasteiger charge is 2.48. The number of hydrogen-bond acceptors (Lipinski definition) is 11. The molecule has 0 saturated heterocycles. The molecule has 0 radical (unpaired) electrons. The van der Waals surface area contributed by atoms with E-state index in [2.05, 4.69) is 28.4 Å². The van der Waals surface area contributed by atoms with Gasteiger partial charge >= 0.3 is 24.6 Å². The summed E-state index contributed by atoms with van der Waals surface area (Å²) >= 11 is 0. The lowest BCUT2D eigenvalue weighted by atomic mass is 10.4. The molecule has 0 heterocycles. The average molecular weight is 381 g/mol.